The molecule has 0 fully saturated rings. The van der Waals surface area contributed by atoms with Crippen molar-refractivity contribution in [1.29, 1.82) is 0 Å². The van der Waals surface area contributed by atoms with Gasteiger partial charge in [0.05, 0.1) is 9.82 Å². The minimum Gasteiger partial charge on any atom is -0.348 e. The highest BCUT2D eigenvalue weighted by atomic mass is 32.2. The summed E-state index contributed by atoms with van der Waals surface area (Å²) >= 11 is 0. The average Bonchev–Trinajstić information content (AvgIpc) is 2.52. The van der Waals surface area contributed by atoms with E-state index in [0.717, 1.165) is 0 Å². The van der Waals surface area contributed by atoms with Crippen LogP contribution in [0.5, 0.6) is 0 Å². The molecule has 0 heterocycles. The highest BCUT2D eigenvalue weighted by Gasteiger charge is 2.17. The number of hydrogen-bond acceptors (Lipinski definition) is 5. The van der Waals surface area contributed by atoms with Crippen molar-refractivity contribution in [2.24, 2.45) is 5.14 Å². The summed E-state index contributed by atoms with van der Waals surface area (Å²) in [5.41, 5.74) is 0.849. The zero-order valence-electron chi connectivity index (χ0n) is 12.7. The zero-order valence-corrected chi connectivity index (χ0v) is 13.5. The van der Waals surface area contributed by atoms with Gasteiger partial charge in [-0.25, -0.2) is 13.6 Å². The van der Waals surface area contributed by atoms with E-state index in [0.29, 0.717) is 5.56 Å². The summed E-state index contributed by atoms with van der Waals surface area (Å²) < 4.78 is 22.6. The Labute approximate surface area is 138 Å². The van der Waals surface area contributed by atoms with E-state index >= 15 is 0 Å². The maximum atomic E-state index is 12.2. The third-order valence-corrected chi connectivity index (χ3v) is 4.34. The van der Waals surface area contributed by atoms with Crippen LogP contribution in [0.15, 0.2) is 47.4 Å². The molecule has 0 unspecified atom stereocenters. The van der Waals surface area contributed by atoms with Crippen molar-refractivity contribution in [2.45, 2.75) is 18.4 Å². The second-order valence-electron chi connectivity index (χ2n) is 5.08. The monoisotopic (exact) mass is 349 g/mol. The molecule has 3 N–H and O–H groups in total. The normalized spacial score (nSPS) is 11.1. The largest absolute Gasteiger partial charge is 0.348 e. The fourth-order valence-corrected chi connectivity index (χ4v) is 2.76. The number of hydrogen-bond donors (Lipinski definition) is 2. The number of carbonyl (C=O) groups is 1. The maximum absolute atomic E-state index is 12.2. The third kappa shape index (κ3) is 3.94. The lowest BCUT2D eigenvalue weighted by atomic mass is 10.1. The van der Waals surface area contributed by atoms with Gasteiger partial charge in [0.2, 0.25) is 10.0 Å². The number of sulfonamides is 1. The van der Waals surface area contributed by atoms with E-state index in [4.69, 9.17) is 5.14 Å². The van der Waals surface area contributed by atoms with E-state index < -0.39 is 20.9 Å². The summed E-state index contributed by atoms with van der Waals surface area (Å²) in [6.07, 6.45) is 0. The summed E-state index contributed by atoms with van der Waals surface area (Å²) in [6.45, 7) is 1.55. The zero-order chi connectivity index (χ0) is 17.9. The van der Waals surface area contributed by atoms with Gasteiger partial charge in [0, 0.05) is 23.7 Å². The lowest BCUT2D eigenvalue weighted by Crippen LogP contribution is -2.24. The molecule has 8 nitrogen and oxygen atoms in total. The molecule has 0 aliphatic heterocycles. The van der Waals surface area contributed by atoms with Crippen LogP contribution in [0.3, 0.4) is 0 Å². The Bertz CT molecular complexity index is 909. The summed E-state index contributed by atoms with van der Waals surface area (Å²) in [4.78, 5) is 22.5. The molecule has 24 heavy (non-hydrogen) atoms. The van der Waals surface area contributed by atoms with Crippen molar-refractivity contribution in [2.75, 3.05) is 0 Å². The molecule has 2 rings (SSSR count). The van der Waals surface area contributed by atoms with Gasteiger partial charge in [-0.05, 0) is 30.7 Å². The van der Waals surface area contributed by atoms with E-state index in [1.54, 1.807) is 6.07 Å². The smallest absolute Gasteiger partial charge is 0.273 e. The van der Waals surface area contributed by atoms with Gasteiger partial charge in [0.25, 0.3) is 11.6 Å². The van der Waals surface area contributed by atoms with E-state index in [2.05, 4.69) is 5.32 Å². The van der Waals surface area contributed by atoms with Crippen LogP contribution in [0, 0.1) is 17.0 Å². The SMILES string of the molecule is Cc1c(C(=O)NCc2cccc(S(N)(=O)=O)c2)cccc1[N+](=O)[O-]. The number of amides is 1. The molecule has 0 radical (unpaired) electrons. The first kappa shape index (κ1) is 17.6. The Morgan fingerprint density at radius 2 is 1.92 bits per heavy atom. The van der Waals surface area contributed by atoms with Crippen molar-refractivity contribution in [3.05, 3.63) is 69.3 Å². The maximum Gasteiger partial charge on any atom is 0.273 e. The number of nitrogens with zero attached hydrogens (tertiary/aromatic N) is 1. The van der Waals surface area contributed by atoms with E-state index in [9.17, 15) is 23.3 Å². The van der Waals surface area contributed by atoms with Gasteiger partial charge >= 0.3 is 0 Å². The molecule has 126 valence electrons. The van der Waals surface area contributed by atoms with Crippen molar-refractivity contribution in [3.63, 3.8) is 0 Å². The van der Waals surface area contributed by atoms with E-state index in [1.807, 2.05) is 0 Å². The number of primary sulfonamides is 1. The lowest BCUT2D eigenvalue weighted by Gasteiger charge is -2.09. The molecule has 0 aliphatic rings. The molecular weight excluding hydrogens is 334 g/mol. The summed E-state index contributed by atoms with van der Waals surface area (Å²) in [5.74, 6) is -0.489. The van der Waals surface area contributed by atoms with Crippen molar-refractivity contribution in [1.82, 2.24) is 5.32 Å². The second-order valence-corrected chi connectivity index (χ2v) is 6.64. The Morgan fingerprint density at radius 1 is 1.25 bits per heavy atom. The summed E-state index contributed by atoms with van der Waals surface area (Å²) in [5, 5.41) is 18.6. The topological polar surface area (TPSA) is 132 Å². The molecule has 0 aromatic heterocycles. The van der Waals surface area contributed by atoms with Gasteiger partial charge in [-0.15, -0.1) is 0 Å². The van der Waals surface area contributed by atoms with Gasteiger partial charge in [-0.3, -0.25) is 14.9 Å². The second kappa shape index (κ2) is 6.77. The third-order valence-electron chi connectivity index (χ3n) is 3.43. The minimum atomic E-state index is -3.83. The van der Waals surface area contributed by atoms with Gasteiger partial charge in [0.15, 0.2) is 0 Å². The van der Waals surface area contributed by atoms with Gasteiger partial charge in [0.1, 0.15) is 0 Å². The van der Waals surface area contributed by atoms with E-state index in [-0.39, 0.29) is 28.3 Å². The Morgan fingerprint density at radius 3 is 2.54 bits per heavy atom. The standard InChI is InChI=1S/C15H15N3O5S/c1-10-13(6-3-7-14(10)18(20)21)15(19)17-9-11-4-2-5-12(8-11)24(16,22)23/h2-8H,9H2,1H3,(H,17,19)(H2,16,22,23). The molecular formula is C15H15N3O5S. The molecule has 0 saturated heterocycles. The predicted octanol–water partition coefficient (Wildman–Crippen LogP) is 1.48. The number of rotatable bonds is 5. The van der Waals surface area contributed by atoms with Crippen molar-refractivity contribution in [3.8, 4) is 0 Å². The number of nitrogens with one attached hydrogen (secondary N) is 1. The molecule has 0 atom stereocenters. The quantitative estimate of drug-likeness (QED) is 0.623. The molecule has 2 aromatic rings. The van der Waals surface area contributed by atoms with Crippen LogP contribution in [0.2, 0.25) is 0 Å². The van der Waals surface area contributed by atoms with Crippen LogP contribution in [0.4, 0.5) is 5.69 Å². The average molecular weight is 349 g/mol. The number of nitro benzene ring substituents is 1. The molecule has 9 heteroatoms. The number of carbonyl (C=O) groups excluding carboxylic acids is 1. The van der Waals surface area contributed by atoms with Crippen LogP contribution in [0.25, 0.3) is 0 Å². The molecule has 0 bridgehead atoms. The van der Waals surface area contributed by atoms with Gasteiger partial charge in [-0.1, -0.05) is 18.2 Å². The minimum absolute atomic E-state index is 0.0548. The number of nitrogens with two attached hydrogens (primary N) is 1. The highest BCUT2D eigenvalue weighted by Crippen LogP contribution is 2.21. The lowest BCUT2D eigenvalue weighted by molar-refractivity contribution is -0.385. The first-order chi connectivity index (χ1) is 11.2. The Kier molecular flexibility index (Phi) is 4.96. The fraction of sp³-hybridized carbons (Fsp3) is 0.133. The summed E-state index contributed by atoms with van der Waals surface area (Å²) in [6, 6.07) is 10.1. The number of nitro groups is 1. The van der Waals surface area contributed by atoms with Gasteiger partial charge in [-0.2, -0.15) is 0 Å². The van der Waals surface area contributed by atoms with Crippen LogP contribution in [0.1, 0.15) is 21.5 Å². The Balaban J connectivity index is 2.18. The molecule has 0 saturated carbocycles. The molecule has 2 aromatic carbocycles. The molecule has 0 spiro atoms. The first-order valence-corrected chi connectivity index (χ1v) is 8.38. The number of benzene rings is 2. The molecule has 0 aliphatic carbocycles. The van der Waals surface area contributed by atoms with Crippen LogP contribution in [-0.4, -0.2) is 19.2 Å². The van der Waals surface area contributed by atoms with Crippen LogP contribution < -0.4 is 10.5 Å². The van der Waals surface area contributed by atoms with Crippen molar-refractivity contribution >= 4 is 21.6 Å². The first-order valence-electron chi connectivity index (χ1n) is 6.84. The Hall–Kier alpha value is -2.78. The van der Waals surface area contributed by atoms with Crippen molar-refractivity contribution < 1.29 is 18.1 Å². The fourth-order valence-electron chi connectivity index (χ4n) is 2.18. The van der Waals surface area contributed by atoms with Crippen LogP contribution in [-0.2, 0) is 16.6 Å². The predicted molar refractivity (Wildman–Crippen MR) is 86.8 cm³/mol. The summed E-state index contributed by atoms with van der Waals surface area (Å²) in [7, 11) is -3.83. The highest BCUT2D eigenvalue weighted by molar-refractivity contribution is 7.89. The van der Waals surface area contributed by atoms with Crippen LogP contribution >= 0.6 is 0 Å². The van der Waals surface area contributed by atoms with E-state index in [1.165, 1.54) is 43.3 Å². The van der Waals surface area contributed by atoms with Gasteiger partial charge < -0.3 is 5.32 Å². The molecule has 1 amide bonds.